The van der Waals surface area contributed by atoms with E-state index in [1.165, 1.54) is 0 Å². The van der Waals surface area contributed by atoms with Gasteiger partial charge in [0.05, 0.1) is 6.61 Å². The van der Waals surface area contributed by atoms with Gasteiger partial charge in [-0.1, -0.05) is 12.2 Å². The molecule has 1 aliphatic rings. The second-order valence-corrected chi connectivity index (χ2v) is 3.85. The summed E-state index contributed by atoms with van der Waals surface area (Å²) in [4.78, 5) is 2.12. The van der Waals surface area contributed by atoms with E-state index in [0.717, 1.165) is 19.5 Å². The van der Waals surface area contributed by atoms with Crippen LogP contribution in [-0.4, -0.2) is 55.2 Å². The molecule has 0 aromatic rings. The van der Waals surface area contributed by atoms with Crippen molar-refractivity contribution in [3.63, 3.8) is 0 Å². The predicted molar refractivity (Wildman–Crippen MR) is 63.1 cm³/mol. The van der Waals surface area contributed by atoms with E-state index >= 15 is 0 Å². The first-order valence-corrected chi connectivity index (χ1v) is 5.53. The molecule has 4 nitrogen and oxygen atoms in total. The Bertz CT molecular complexity index is 222. The summed E-state index contributed by atoms with van der Waals surface area (Å²) in [7, 11) is 1.54. The minimum absolute atomic E-state index is 0.0368. The highest BCUT2D eigenvalue weighted by Crippen LogP contribution is 2.20. The first kappa shape index (κ1) is 13.4. The molecule has 0 aromatic heterocycles. The molecule has 1 rings (SSSR count). The minimum Gasteiger partial charge on any atom is -0.386 e. The van der Waals surface area contributed by atoms with E-state index in [1.807, 2.05) is 12.2 Å². The molecule has 1 fully saturated rings. The van der Waals surface area contributed by atoms with Crippen molar-refractivity contribution in [2.45, 2.75) is 24.9 Å². The first-order valence-electron chi connectivity index (χ1n) is 5.53. The van der Waals surface area contributed by atoms with E-state index in [1.54, 1.807) is 7.11 Å². The van der Waals surface area contributed by atoms with Crippen molar-refractivity contribution in [1.29, 1.82) is 0 Å². The topological polar surface area (TPSA) is 41.9 Å². The number of aliphatic hydroxyl groups excluding tert-OH is 1. The van der Waals surface area contributed by atoms with Gasteiger partial charge in [0.25, 0.3) is 0 Å². The lowest BCUT2D eigenvalue weighted by Gasteiger charge is -2.39. The summed E-state index contributed by atoms with van der Waals surface area (Å²) >= 11 is 0. The molecule has 1 N–H and O–H groups in total. The Morgan fingerprint density at radius 1 is 1.44 bits per heavy atom. The lowest BCUT2D eigenvalue weighted by Crippen LogP contribution is -2.53. The van der Waals surface area contributed by atoms with Crippen LogP contribution in [-0.2, 0) is 9.47 Å². The van der Waals surface area contributed by atoms with E-state index in [2.05, 4.69) is 18.1 Å². The molecule has 16 heavy (non-hydrogen) atoms. The lowest BCUT2D eigenvalue weighted by atomic mass is 10.0. The number of hydrogen-bond acceptors (Lipinski definition) is 4. The van der Waals surface area contributed by atoms with Crippen molar-refractivity contribution in [2.75, 3.05) is 26.8 Å². The summed E-state index contributed by atoms with van der Waals surface area (Å²) in [6.07, 6.45) is 3.29. The maximum atomic E-state index is 10.1. The third-order valence-corrected chi connectivity index (χ3v) is 2.80. The fraction of sp³-hybridized carbons (Fsp3) is 0.667. The summed E-state index contributed by atoms with van der Waals surface area (Å²) in [5.41, 5.74) is 0. The van der Waals surface area contributed by atoms with Gasteiger partial charge in [-0.3, -0.25) is 4.90 Å². The van der Waals surface area contributed by atoms with Gasteiger partial charge in [-0.25, -0.2) is 0 Å². The van der Waals surface area contributed by atoms with E-state index in [0.29, 0.717) is 6.61 Å². The van der Waals surface area contributed by atoms with Gasteiger partial charge in [0.15, 0.2) is 6.29 Å². The van der Waals surface area contributed by atoms with Crippen LogP contribution in [0.15, 0.2) is 25.3 Å². The molecule has 0 aliphatic carbocycles. The molecule has 0 radical (unpaired) electrons. The lowest BCUT2D eigenvalue weighted by molar-refractivity contribution is -0.221. The van der Waals surface area contributed by atoms with Crippen molar-refractivity contribution in [3.05, 3.63) is 25.3 Å². The summed E-state index contributed by atoms with van der Waals surface area (Å²) in [5, 5.41) is 10.1. The predicted octanol–water partition coefficient (Wildman–Crippen LogP) is 0.783. The van der Waals surface area contributed by atoms with Gasteiger partial charge >= 0.3 is 0 Å². The molecule has 92 valence electrons. The number of hydrogen-bond donors (Lipinski definition) is 1. The van der Waals surface area contributed by atoms with Crippen LogP contribution in [0.3, 0.4) is 0 Å². The third-order valence-electron chi connectivity index (χ3n) is 2.80. The maximum Gasteiger partial charge on any atom is 0.184 e. The Kier molecular flexibility index (Phi) is 5.69. The average molecular weight is 227 g/mol. The van der Waals surface area contributed by atoms with Crippen molar-refractivity contribution in [1.82, 2.24) is 4.90 Å². The van der Waals surface area contributed by atoms with Crippen LogP contribution < -0.4 is 0 Å². The monoisotopic (exact) mass is 227 g/mol. The van der Waals surface area contributed by atoms with Gasteiger partial charge in [0.2, 0.25) is 0 Å². The molecule has 3 atom stereocenters. The Morgan fingerprint density at radius 2 is 2.06 bits per heavy atom. The van der Waals surface area contributed by atoms with E-state index in [9.17, 15) is 5.11 Å². The molecule has 1 saturated heterocycles. The zero-order chi connectivity index (χ0) is 12.0. The highest BCUT2D eigenvalue weighted by atomic mass is 16.7. The quantitative estimate of drug-likeness (QED) is 0.681. The summed E-state index contributed by atoms with van der Waals surface area (Å²) in [6.45, 7) is 9.50. The van der Waals surface area contributed by atoms with Gasteiger partial charge < -0.3 is 14.6 Å². The molecular formula is C12H21NO3. The summed E-state index contributed by atoms with van der Waals surface area (Å²) < 4.78 is 10.4. The molecular weight excluding hydrogens is 206 g/mol. The van der Waals surface area contributed by atoms with Crippen molar-refractivity contribution >= 4 is 0 Å². The molecule has 0 amide bonds. The molecule has 1 aliphatic heterocycles. The first-order chi connectivity index (χ1) is 7.74. The van der Waals surface area contributed by atoms with Crippen LogP contribution in [0.5, 0.6) is 0 Å². The van der Waals surface area contributed by atoms with E-state index in [4.69, 9.17) is 9.47 Å². The Hall–Kier alpha value is -0.680. The maximum absolute atomic E-state index is 10.1. The fourth-order valence-corrected chi connectivity index (χ4v) is 2.04. The zero-order valence-electron chi connectivity index (χ0n) is 9.84. The summed E-state index contributed by atoms with van der Waals surface area (Å²) in [5.74, 6) is 0. The van der Waals surface area contributed by atoms with Crippen molar-refractivity contribution < 1.29 is 14.6 Å². The minimum atomic E-state index is -0.626. The van der Waals surface area contributed by atoms with Gasteiger partial charge in [0, 0.05) is 26.2 Å². The number of nitrogens with zero attached hydrogens (tertiary/aromatic N) is 1. The smallest absolute Gasteiger partial charge is 0.184 e. The van der Waals surface area contributed by atoms with Crippen LogP contribution in [0.25, 0.3) is 0 Å². The van der Waals surface area contributed by atoms with Crippen LogP contribution in [0, 0.1) is 0 Å². The van der Waals surface area contributed by atoms with E-state index < -0.39 is 12.4 Å². The number of ether oxygens (including phenoxy) is 2. The molecule has 0 unspecified atom stereocenters. The van der Waals surface area contributed by atoms with Gasteiger partial charge in [-0.05, 0) is 6.42 Å². The van der Waals surface area contributed by atoms with Crippen molar-refractivity contribution in [2.24, 2.45) is 0 Å². The highest BCUT2D eigenvalue weighted by molar-refractivity contribution is 4.90. The molecule has 0 saturated carbocycles. The number of methoxy groups -OCH3 is 1. The van der Waals surface area contributed by atoms with Crippen LogP contribution >= 0.6 is 0 Å². The van der Waals surface area contributed by atoms with Crippen LogP contribution in [0.2, 0.25) is 0 Å². The SMILES string of the molecule is C=CCN(CC=C)[C@@H]1CCO[C@@H](OC)[C@H]1O. The van der Waals surface area contributed by atoms with Crippen LogP contribution in [0.4, 0.5) is 0 Å². The molecule has 0 aromatic carbocycles. The Morgan fingerprint density at radius 3 is 2.56 bits per heavy atom. The second-order valence-electron chi connectivity index (χ2n) is 3.85. The van der Waals surface area contributed by atoms with Gasteiger partial charge in [0.1, 0.15) is 6.10 Å². The largest absolute Gasteiger partial charge is 0.386 e. The molecule has 0 bridgehead atoms. The number of aliphatic hydroxyl groups is 1. The Labute approximate surface area is 97.1 Å². The third kappa shape index (κ3) is 3.15. The zero-order valence-corrected chi connectivity index (χ0v) is 9.84. The second kappa shape index (κ2) is 6.81. The fourth-order valence-electron chi connectivity index (χ4n) is 2.04. The van der Waals surface area contributed by atoms with E-state index in [-0.39, 0.29) is 6.04 Å². The molecule has 1 heterocycles. The average Bonchev–Trinajstić information content (AvgIpc) is 2.29. The van der Waals surface area contributed by atoms with Crippen LogP contribution in [0.1, 0.15) is 6.42 Å². The normalized spacial score (nSPS) is 30.3. The van der Waals surface area contributed by atoms with Gasteiger partial charge in [-0.2, -0.15) is 0 Å². The Balaban J connectivity index is 2.66. The highest BCUT2D eigenvalue weighted by Gasteiger charge is 2.35. The standard InChI is InChI=1S/C12H21NO3/c1-4-7-13(8-5-2)10-6-9-16-12(15-3)11(10)14/h4-5,10-12,14H,1-2,6-9H2,3H3/t10-,11+,12-/m1/s1. The molecule has 0 spiro atoms. The molecule has 4 heteroatoms. The van der Waals surface area contributed by atoms with Crippen molar-refractivity contribution in [3.8, 4) is 0 Å². The number of rotatable bonds is 6. The summed E-state index contributed by atoms with van der Waals surface area (Å²) in [6, 6.07) is 0.0368. The van der Waals surface area contributed by atoms with Gasteiger partial charge in [-0.15, -0.1) is 13.2 Å².